The minimum atomic E-state index is 0.467. The molecule has 0 radical (unpaired) electrons. The van der Waals surface area contributed by atoms with E-state index in [9.17, 15) is 0 Å². The lowest BCUT2D eigenvalue weighted by molar-refractivity contribution is -0.0323. The van der Waals surface area contributed by atoms with Crippen molar-refractivity contribution in [3.8, 4) is 0 Å². The SMILES string of the molecule is BrCCCCOC1CCOCC1. The fourth-order valence-electron chi connectivity index (χ4n) is 1.29. The Morgan fingerprint density at radius 1 is 1.25 bits per heavy atom. The molecule has 0 saturated carbocycles. The molecule has 72 valence electrons. The first-order valence-electron chi connectivity index (χ1n) is 4.69. The molecule has 1 rings (SSSR count). The van der Waals surface area contributed by atoms with Gasteiger partial charge in [-0.2, -0.15) is 0 Å². The molecule has 0 aromatic carbocycles. The van der Waals surface area contributed by atoms with Crippen LogP contribution in [-0.2, 0) is 9.47 Å². The van der Waals surface area contributed by atoms with Gasteiger partial charge in [-0.1, -0.05) is 15.9 Å². The van der Waals surface area contributed by atoms with Crippen molar-refractivity contribution in [2.75, 3.05) is 25.2 Å². The molecule has 0 spiro atoms. The van der Waals surface area contributed by atoms with Gasteiger partial charge in [0.05, 0.1) is 6.10 Å². The van der Waals surface area contributed by atoms with Gasteiger partial charge < -0.3 is 9.47 Å². The average molecular weight is 237 g/mol. The fraction of sp³-hybridized carbons (Fsp3) is 1.00. The van der Waals surface area contributed by atoms with Crippen molar-refractivity contribution in [2.24, 2.45) is 0 Å². The van der Waals surface area contributed by atoms with Crippen molar-refractivity contribution in [3.05, 3.63) is 0 Å². The summed E-state index contributed by atoms with van der Waals surface area (Å²) >= 11 is 3.40. The lowest BCUT2D eigenvalue weighted by Gasteiger charge is -2.22. The van der Waals surface area contributed by atoms with Crippen LogP contribution in [0.3, 0.4) is 0 Å². The summed E-state index contributed by atoms with van der Waals surface area (Å²) in [6.45, 7) is 2.67. The predicted molar refractivity (Wildman–Crippen MR) is 52.8 cm³/mol. The summed E-state index contributed by atoms with van der Waals surface area (Å²) in [5, 5.41) is 1.09. The summed E-state index contributed by atoms with van der Waals surface area (Å²) < 4.78 is 10.9. The van der Waals surface area contributed by atoms with Gasteiger partial charge in [-0.3, -0.25) is 0 Å². The maximum Gasteiger partial charge on any atom is 0.0619 e. The zero-order chi connectivity index (χ0) is 8.65. The number of hydrogen-bond acceptors (Lipinski definition) is 2. The standard InChI is InChI=1S/C9H17BrO2/c10-5-1-2-6-12-9-3-7-11-8-4-9/h9H,1-8H2. The van der Waals surface area contributed by atoms with Gasteiger partial charge in [0.25, 0.3) is 0 Å². The molecule has 1 aliphatic heterocycles. The van der Waals surface area contributed by atoms with Crippen molar-refractivity contribution in [1.29, 1.82) is 0 Å². The Kier molecular flexibility index (Phi) is 6.00. The quantitative estimate of drug-likeness (QED) is 0.539. The van der Waals surface area contributed by atoms with Crippen LogP contribution in [0.5, 0.6) is 0 Å². The van der Waals surface area contributed by atoms with Crippen LogP contribution in [0.4, 0.5) is 0 Å². The van der Waals surface area contributed by atoms with Crippen molar-refractivity contribution >= 4 is 15.9 Å². The first kappa shape index (κ1) is 10.5. The summed E-state index contributed by atoms with van der Waals surface area (Å²) in [4.78, 5) is 0. The second-order valence-corrected chi connectivity index (χ2v) is 3.87. The van der Waals surface area contributed by atoms with E-state index in [-0.39, 0.29) is 0 Å². The molecule has 0 aliphatic carbocycles. The summed E-state index contributed by atoms with van der Waals surface area (Å²) in [5.74, 6) is 0. The van der Waals surface area contributed by atoms with Crippen LogP contribution in [0.25, 0.3) is 0 Å². The predicted octanol–water partition coefficient (Wildman–Crippen LogP) is 2.36. The Hall–Kier alpha value is 0.400. The summed E-state index contributed by atoms with van der Waals surface area (Å²) in [7, 11) is 0. The molecular formula is C9H17BrO2. The van der Waals surface area contributed by atoms with E-state index in [2.05, 4.69) is 15.9 Å². The van der Waals surface area contributed by atoms with Gasteiger partial charge in [0, 0.05) is 25.2 Å². The highest BCUT2D eigenvalue weighted by Gasteiger charge is 2.13. The molecule has 0 N–H and O–H groups in total. The highest BCUT2D eigenvalue weighted by Crippen LogP contribution is 2.11. The Labute approximate surface area is 82.7 Å². The highest BCUT2D eigenvalue weighted by molar-refractivity contribution is 9.09. The maximum atomic E-state index is 5.68. The molecule has 0 aromatic rings. The van der Waals surface area contributed by atoms with E-state index in [1.807, 2.05) is 0 Å². The van der Waals surface area contributed by atoms with Gasteiger partial charge >= 0.3 is 0 Å². The molecule has 0 aromatic heterocycles. The molecule has 0 atom stereocenters. The van der Waals surface area contributed by atoms with Gasteiger partial charge in [0.2, 0.25) is 0 Å². The van der Waals surface area contributed by atoms with E-state index in [0.717, 1.165) is 38.0 Å². The molecule has 3 heteroatoms. The van der Waals surface area contributed by atoms with Gasteiger partial charge in [-0.15, -0.1) is 0 Å². The molecule has 2 nitrogen and oxygen atoms in total. The number of alkyl halides is 1. The summed E-state index contributed by atoms with van der Waals surface area (Å²) in [6, 6.07) is 0. The molecule has 1 saturated heterocycles. The fourth-order valence-corrected chi connectivity index (χ4v) is 1.69. The van der Waals surface area contributed by atoms with E-state index in [1.165, 1.54) is 12.8 Å². The molecule has 0 amide bonds. The number of halogens is 1. The zero-order valence-electron chi connectivity index (χ0n) is 7.43. The number of rotatable bonds is 5. The van der Waals surface area contributed by atoms with Crippen LogP contribution in [0.1, 0.15) is 25.7 Å². The molecule has 1 heterocycles. The molecule has 1 aliphatic rings. The molecule has 1 fully saturated rings. The van der Waals surface area contributed by atoms with Gasteiger partial charge in [0.1, 0.15) is 0 Å². The first-order valence-corrected chi connectivity index (χ1v) is 5.81. The number of unbranched alkanes of at least 4 members (excludes halogenated alkanes) is 1. The zero-order valence-corrected chi connectivity index (χ0v) is 9.01. The van der Waals surface area contributed by atoms with Crippen LogP contribution in [-0.4, -0.2) is 31.3 Å². The second-order valence-electron chi connectivity index (χ2n) is 3.08. The molecule has 0 bridgehead atoms. The number of hydrogen-bond donors (Lipinski definition) is 0. The monoisotopic (exact) mass is 236 g/mol. The van der Waals surface area contributed by atoms with Gasteiger partial charge in [-0.25, -0.2) is 0 Å². The van der Waals surface area contributed by atoms with Crippen molar-refractivity contribution < 1.29 is 9.47 Å². The summed E-state index contributed by atoms with van der Waals surface area (Å²) in [5.41, 5.74) is 0. The van der Waals surface area contributed by atoms with Crippen LogP contribution in [0.2, 0.25) is 0 Å². The van der Waals surface area contributed by atoms with Crippen LogP contribution >= 0.6 is 15.9 Å². The normalized spacial score (nSPS) is 19.8. The highest BCUT2D eigenvalue weighted by atomic mass is 79.9. The van der Waals surface area contributed by atoms with Crippen molar-refractivity contribution in [3.63, 3.8) is 0 Å². The minimum Gasteiger partial charge on any atom is -0.381 e. The van der Waals surface area contributed by atoms with E-state index < -0.39 is 0 Å². The second kappa shape index (κ2) is 6.87. The van der Waals surface area contributed by atoms with Gasteiger partial charge in [-0.05, 0) is 25.7 Å². The Morgan fingerprint density at radius 2 is 2.00 bits per heavy atom. The molecule has 12 heavy (non-hydrogen) atoms. The largest absolute Gasteiger partial charge is 0.381 e. The van der Waals surface area contributed by atoms with Gasteiger partial charge in [0.15, 0.2) is 0 Å². The smallest absolute Gasteiger partial charge is 0.0619 e. The number of ether oxygens (including phenoxy) is 2. The lowest BCUT2D eigenvalue weighted by atomic mass is 10.1. The van der Waals surface area contributed by atoms with E-state index in [0.29, 0.717) is 6.10 Å². The van der Waals surface area contributed by atoms with Crippen LogP contribution < -0.4 is 0 Å². The third kappa shape index (κ3) is 4.43. The van der Waals surface area contributed by atoms with Crippen molar-refractivity contribution in [2.45, 2.75) is 31.8 Å². The average Bonchev–Trinajstić information content (AvgIpc) is 2.14. The third-order valence-electron chi connectivity index (χ3n) is 2.05. The lowest BCUT2D eigenvalue weighted by Crippen LogP contribution is -2.23. The van der Waals surface area contributed by atoms with Crippen molar-refractivity contribution in [1.82, 2.24) is 0 Å². The summed E-state index contributed by atoms with van der Waals surface area (Å²) in [6.07, 6.45) is 5.00. The Bertz CT molecular complexity index is 103. The Morgan fingerprint density at radius 3 is 2.67 bits per heavy atom. The van der Waals surface area contributed by atoms with E-state index in [4.69, 9.17) is 9.47 Å². The maximum absolute atomic E-state index is 5.68. The molecule has 0 unspecified atom stereocenters. The van der Waals surface area contributed by atoms with E-state index in [1.54, 1.807) is 0 Å². The minimum absolute atomic E-state index is 0.467. The van der Waals surface area contributed by atoms with Crippen LogP contribution in [0.15, 0.2) is 0 Å². The van der Waals surface area contributed by atoms with Crippen LogP contribution in [0, 0.1) is 0 Å². The molecular weight excluding hydrogens is 220 g/mol. The first-order chi connectivity index (χ1) is 5.93. The third-order valence-corrected chi connectivity index (χ3v) is 2.61. The Balaban J connectivity index is 1.91. The topological polar surface area (TPSA) is 18.5 Å². The van der Waals surface area contributed by atoms with E-state index >= 15 is 0 Å².